The van der Waals surface area contributed by atoms with Crippen LogP contribution in [0.4, 0.5) is 14.4 Å². The van der Waals surface area contributed by atoms with Gasteiger partial charge in [-0.1, -0.05) is 0 Å². The lowest BCUT2D eigenvalue weighted by molar-refractivity contribution is 0.00249. The molecule has 0 aliphatic carbocycles. The van der Waals surface area contributed by atoms with Crippen molar-refractivity contribution in [2.24, 2.45) is 0 Å². The minimum absolute atomic E-state index is 0.125. The van der Waals surface area contributed by atoms with Gasteiger partial charge in [-0.2, -0.15) is 0 Å². The Balaban J connectivity index is 3.97. The van der Waals surface area contributed by atoms with Crippen molar-refractivity contribution in [1.29, 1.82) is 0 Å². The number of ether oxygens (including phenoxy) is 4. The molecule has 0 rings (SSSR count). The molecule has 0 aromatic rings. The number of hydrogen-bond acceptors (Lipinski definition) is 7. The number of hydrogen-bond donors (Lipinski definition) is 0. The van der Waals surface area contributed by atoms with Crippen molar-refractivity contribution in [3.05, 3.63) is 0 Å². The highest BCUT2D eigenvalue weighted by atomic mass is 35.5. The van der Waals surface area contributed by atoms with Gasteiger partial charge in [0.2, 0.25) is 0 Å². The van der Waals surface area contributed by atoms with Gasteiger partial charge >= 0.3 is 17.0 Å². The quantitative estimate of drug-likeness (QED) is 0.280. The van der Waals surface area contributed by atoms with E-state index in [1.807, 2.05) is 0 Å². The van der Waals surface area contributed by atoms with Crippen LogP contribution in [-0.2, 0) is 18.9 Å². The Kier molecular flexibility index (Phi) is 10.7. The van der Waals surface area contributed by atoms with E-state index in [1.54, 1.807) is 0 Å². The van der Waals surface area contributed by atoms with Crippen molar-refractivity contribution in [2.75, 3.05) is 25.0 Å². The molecule has 0 aliphatic heterocycles. The highest BCUT2D eigenvalue weighted by Gasteiger charge is 2.18. The number of rotatable bonds is 8. The van der Waals surface area contributed by atoms with E-state index < -0.39 is 29.2 Å². The molecule has 0 amide bonds. The molecule has 0 spiro atoms. The number of alkyl halides is 2. The van der Waals surface area contributed by atoms with Gasteiger partial charge in [0.1, 0.15) is 13.2 Å². The summed E-state index contributed by atoms with van der Waals surface area (Å²) in [5.74, 6) is -0.250. The van der Waals surface area contributed by atoms with Gasteiger partial charge in [-0.05, 0) is 0 Å². The van der Waals surface area contributed by atoms with Crippen LogP contribution < -0.4 is 0 Å². The average Bonchev–Trinajstić information content (AvgIpc) is 2.38. The molecule has 0 fully saturated rings. The van der Waals surface area contributed by atoms with Gasteiger partial charge in [-0.25, -0.2) is 14.4 Å². The van der Waals surface area contributed by atoms with Gasteiger partial charge in [0.25, 0.3) is 0 Å². The largest absolute Gasteiger partial charge is 0.508 e. The second-order valence-corrected chi connectivity index (χ2v) is 4.37. The molecular weight excluding hydrogens is 362 g/mol. The highest BCUT2D eigenvalue weighted by Crippen LogP contribution is 2.04. The van der Waals surface area contributed by atoms with Gasteiger partial charge in [0.05, 0.1) is 11.8 Å². The zero-order valence-electron chi connectivity index (χ0n) is 9.85. The summed E-state index contributed by atoms with van der Waals surface area (Å²) in [6, 6.07) is 0. The van der Waals surface area contributed by atoms with E-state index in [0.717, 1.165) is 0 Å². The van der Waals surface area contributed by atoms with Gasteiger partial charge in [-0.3, -0.25) is 0 Å². The summed E-state index contributed by atoms with van der Waals surface area (Å²) in [5, 5.41) is 0. The summed E-state index contributed by atoms with van der Waals surface area (Å²) >= 11 is 20.8. The van der Waals surface area contributed by atoms with Crippen LogP contribution in [0, 0.1) is 0 Å². The van der Waals surface area contributed by atoms with Gasteiger partial charge < -0.3 is 18.9 Å². The van der Waals surface area contributed by atoms with E-state index >= 15 is 0 Å². The molecular formula is C9H10Cl4O7. The van der Waals surface area contributed by atoms with Crippen molar-refractivity contribution in [3.8, 4) is 0 Å². The third kappa shape index (κ3) is 10.2. The molecule has 0 N–H and O–H groups in total. The maximum atomic E-state index is 11.2. The van der Waals surface area contributed by atoms with Crippen LogP contribution in [0.5, 0.6) is 0 Å². The Morgan fingerprint density at radius 1 is 0.800 bits per heavy atom. The van der Waals surface area contributed by atoms with Gasteiger partial charge in [0, 0.05) is 23.2 Å². The van der Waals surface area contributed by atoms with E-state index in [1.165, 1.54) is 0 Å². The van der Waals surface area contributed by atoms with E-state index in [2.05, 4.69) is 18.9 Å². The smallest absolute Gasteiger partial charge is 0.445 e. The Morgan fingerprint density at radius 3 is 1.40 bits per heavy atom. The summed E-state index contributed by atoms with van der Waals surface area (Å²) in [4.78, 5) is 32.1. The fourth-order valence-corrected chi connectivity index (χ4v) is 1.40. The SMILES string of the molecule is O=C(Cl)OC(CCl)COC(=O)OCC(CCl)OC(=O)Cl. The van der Waals surface area contributed by atoms with Gasteiger partial charge in [0.15, 0.2) is 12.2 Å². The summed E-state index contributed by atoms with van der Waals surface area (Å²) in [5.41, 5.74) is -2.16. The average molecular weight is 372 g/mol. The normalized spacial score (nSPS) is 13.0. The van der Waals surface area contributed by atoms with Crippen molar-refractivity contribution in [1.82, 2.24) is 0 Å². The molecule has 0 bridgehead atoms. The first-order chi connectivity index (χ1) is 9.38. The lowest BCUT2D eigenvalue weighted by Crippen LogP contribution is -2.28. The van der Waals surface area contributed by atoms with Crippen LogP contribution in [0.2, 0.25) is 0 Å². The predicted molar refractivity (Wildman–Crippen MR) is 71.0 cm³/mol. The van der Waals surface area contributed by atoms with Crippen LogP contribution in [0.25, 0.3) is 0 Å². The molecule has 20 heavy (non-hydrogen) atoms. The lowest BCUT2D eigenvalue weighted by Gasteiger charge is -2.15. The van der Waals surface area contributed by atoms with E-state index in [-0.39, 0.29) is 25.0 Å². The third-order valence-electron chi connectivity index (χ3n) is 1.64. The Bertz CT molecular complexity index is 308. The Labute approximate surface area is 134 Å². The second kappa shape index (κ2) is 11.1. The minimum atomic E-state index is -1.09. The summed E-state index contributed by atoms with van der Waals surface area (Å²) in [6.45, 7) is -0.691. The molecule has 0 saturated carbocycles. The van der Waals surface area contributed by atoms with Crippen LogP contribution in [0.1, 0.15) is 0 Å². The molecule has 0 heterocycles. The third-order valence-corrected chi connectivity index (χ3v) is 2.50. The molecule has 2 atom stereocenters. The second-order valence-electron chi connectivity index (χ2n) is 3.14. The summed E-state index contributed by atoms with van der Waals surface area (Å²) in [7, 11) is 0. The fourth-order valence-electron chi connectivity index (χ4n) is 0.846. The fraction of sp³-hybridized carbons (Fsp3) is 0.667. The Morgan fingerprint density at radius 2 is 1.15 bits per heavy atom. The zero-order valence-corrected chi connectivity index (χ0v) is 12.9. The summed E-state index contributed by atoms with van der Waals surface area (Å²) in [6.07, 6.45) is -2.90. The molecule has 0 aromatic carbocycles. The number of carbonyl (C=O) groups excluding carboxylic acids is 3. The lowest BCUT2D eigenvalue weighted by atomic mass is 10.4. The van der Waals surface area contributed by atoms with Crippen LogP contribution in [-0.4, -0.2) is 54.2 Å². The van der Waals surface area contributed by atoms with Crippen LogP contribution in [0.3, 0.4) is 0 Å². The highest BCUT2D eigenvalue weighted by molar-refractivity contribution is 6.61. The maximum absolute atomic E-state index is 11.2. The molecule has 0 saturated heterocycles. The standard InChI is InChI=1S/C9H10Cl4O7/c10-1-5(19-7(12)14)3-17-9(16)18-4-6(2-11)20-8(13)15/h5-6H,1-4H2. The minimum Gasteiger partial charge on any atom is -0.445 e. The van der Waals surface area contributed by atoms with Crippen LogP contribution in [0.15, 0.2) is 0 Å². The van der Waals surface area contributed by atoms with E-state index in [0.29, 0.717) is 0 Å². The number of halogens is 4. The molecule has 116 valence electrons. The maximum Gasteiger partial charge on any atom is 0.508 e. The zero-order chi connectivity index (χ0) is 15.5. The van der Waals surface area contributed by atoms with Crippen molar-refractivity contribution in [2.45, 2.75) is 12.2 Å². The molecule has 2 unspecified atom stereocenters. The Hall–Kier alpha value is -0.630. The first-order valence-corrected chi connectivity index (χ1v) is 6.85. The topological polar surface area (TPSA) is 88.1 Å². The summed E-state index contributed by atoms with van der Waals surface area (Å²) < 4.78 is 18.2. The van der Waals surface area contributed by atoms with Crippen molar-refractivity contribution >= 4 is 63.4 Å². The first-order valence-electron chi connectivity index (χ1n) is 5.02. The van der Waals surface area contributed by atoms with E-state index in [9.17, 15) is 14.4 Å². The predicted octanol–water partition coefficient (Wildman–Crippen LogP) is 3.11. The number of carbonyl (C=O) groups is 3. The van der Waals surface area contributed by atoms with Gasteiger partial charge in [-0.15, -0.1) is 23.2 Å². The monoisotopic (exact) mass is 370 g/mol. The van der Waals surface area contributed by atoms with Crippen molar-refractivity contribution in [3.63, 3.8) is 0 Å². The van der Waals surface area contributed by atoms with E-state index in [4.69, 9.17) is 46.4 Å². The molecule has 0 aliphatic rings. The molecule has 11 heteroatoms. The van der Waals surface area contributed by atoms with Crippen molar-refractivity contribution < 1.29 is 33.3 Å². The van der Waals surface area contributed by atoms with Crippen LogP contribution >= 0.6 is 46.4 Å². The molecule has 7 nitrogen and oxygen atoms in total. The molecule has 0 aromatic heterocycles. The molecule has 0 radical (unpaired) electrons. The first kappa shape index (κ1) is 19.4.